The molecule has 1 atom stereocenters. The van der Waals surface area contributed by atoms with E-state index in [9.17, 15) is 9.36 Å². The summed E-state index contributed by atoms with van der Waals surface area (Å²) in [5.74, 6) is -1.45. The van der Waals surface area contributed by atoms with Crippen LogP contribution in [0.2, 0.25) is 0 Å². The van der Waals surface area contributed by atoms with Crippen LogP contribution in [0.3, 0.4) is 0 Å². The van der Waals surface area contributed by atoms with E-state index in [0.717, 1.165) is 7.05 Å². The molecule has 0 heterocycles. The van der Waals surface area contributed by atoms with Gasteiger partial charge in [0.25, 0.3) is 0 Å². The molecule has 1 N–H and O–H groups in total. The predicted octanol–water partition coefficient (Wildman–Crippen LogP) is 1.71. The average Bonchev–Trinajstić information content (AvgIpc) is 2.18. The Morgan fingerprint density at radius 3 is 2.19 bits per heavy atom. The van der Waals surface area contributed by atoms with Crippen molar-refractivity contribution in [2.45, 2.75) is 19.6 Å². The number of nitrogens with zero attached hydrogens (tertiary/aromatic N) is 2. The van der Waals surface area contributed by atoms with Gasteiger partial charge < -0.3 is 14.2 Å². The second kappa shape index (κ2) is 6.48. The molecule has 0 rings (SSSR count). The molecule has 0 aromatic heterocycles. The zero-order valence-electron chi connectivity index (χ0n) is 9.41. The lowest BCUT2D eigenvalue weighted by Gasteiger charge is -2.26. The van der Waals surface area contributed by atoms with E-state index < -0.39 is 19.5 Å². The minimum atomic E-state index is -3.76. The summed E-state index contributed by atoms with van der Waals surface area (Å²) in [4.78, 5) is 11.3. The second-order valence-electron chi connectivity index (χ2n) is 2.77. The molecule has 0 spiro atoms. The van der Waals surface area contributed by atoms with Crippen molar-refractivity contribution in [1.29, 1.82) is 5.26 Å². The number of hydrogen-bond acceptors (Lipinski definition) is 5. The van der Waals surface area contributed by atoms with Crippen molar-refractivity contribution < 1.29 is 23.5 Å². The molecule has 1 amide bonds. The summed E-state index contributed by atoms with van der Waals surface area (Å²) in [6, 6.07) is 1.63. The maximum absolute atomic E-state index is 12.1. The van der Waals surface area contributed by atoms with Gasteiger partial charge in [-0.1, -0.05) is 0 Å². The number of carbonyl (C=O) groups is 1. The highest BCUT2D eigenvalue weighted by Gasteiger charge is 2.40. The van der Waals surface area contributed by atoms with E-state index in [0.29, 0.717) is 4.90 Å². The average molecular weight is 250 g/mol. The Bertz CT molecular complexity index is 317. The van der Waals surface area contributed by atoms with Crippen molar-refractivity contribution in [3.8, 4) is 6.07 Å². The van der Waals surface area contributed by atoms with Crippen LogP contribution in [0.4, 0.5) is 4.79 Å². The van der Waals surface area contributed by atoms with Gasteiger partial charge in [0.05, 0.1) is 13.2 Å². The van der Waals surface area contributed by atoms with Gasteiger partial charge in [0, 0.05) is 7.05 Å². The first-order chi connectivity index (χ1) is 7.42. The predicted molar refractivity (Wildman–Crippen MR) is 56.0 cm³/mol. The van der Waals surface area contributed by atoms with Crippen LogP contribution in [-0.2, 0) is 13.6 Å². The van der Waals surface area contributed by atoms with Crippen LogP contribution >= 0.6 is 7.60 Å². The molecule has 0 saturated heterocycles. The first kappa shape index (κ1) is 14.9. The third-order valence-electron chi connectivity index (χ3n) is 1.70. The lowest BCUT2D eigenvalue weighted by molar-refractivity contribution is 0.143. The molecule has 92 valence electrons. The van der Waals surface area contributed by atoms with E-state index in [-0.39, 0.29) is 13.2 Å². The Morgan fingerprint density at radius 2 is 1.94 bits per heavy atom. The number of nitriles is 1. The topological polar surface area (TPSA) is 99.9 Å². The highest BCUT2D eigenvalue weighted by molar-refractivity contribution is 7.54. The summed E-state index contributed by atoms with van der Waals surface area (Å²) in [6.07, 6.45) is -1.37. The van der Waals surface area contributed by atoms with Crippen molar-refractivity contribution in [1.82, 2.24) is 4.90 Å². The summed E-state index contributed by atoms with van der Waals surface area (Å²) in [5.41, 5.74) is 0. The molecule has 1 unspecified atom stereocenters. The van der Waals surface area contributed by atoms with Crippen LogP contribution in [0.15, 0.2) is 0 Å². The molecule has 0 fully saturated rings. The Balaban J connectivity index is 5.08. The Labute approximate surface area is 94.1 Å². The molecule has 0 aliphatic heterocycles. The SMILES string of the molecule is CCOP(=O)(OCC)C(C#N)N(C)C(=O)O. The van der Waals surface area contributed by atoms with E-state index in [1.165, 1.54) is 0 Å². The summed E-state index contributed by atoms with van der Waals surface area (Å²) in [6.45, 7) is 3.31. The van der Waals surface area contributed by atoms with Crippen LogP contribution in [0.1, 0.15) is 13.8 Å². The standard InChI is InChI=1S/C8H15N2O5P/c1-4-14-16(13,15-5-2)7(6-9)10(3)8(11)12/h7H,4-5H2,1-3H3,(H,11,12). The molecular formula is C8H15N2O5P. The molecule has 16 heavy (non-hydrogen) atoms. The highest BCUT2D eigenvalue weighted by Crippen LogP contribution is 2.53. The van der Waals surface area contributed by atoms with Crippen molar-refractivity contribution in [2.75, 3.05) is 20.3 Å². The Kier molecular flexibility index (Phi) is 6.04. The maximum atomic E-state index is 12.1. The van der Waals surface area contributed by atoms with Crippen molar-refractivity contribution in [2.24, 2.45) is 0 Å². The molecular weight excluding hydrogens is 235 g/mol. The van der Waals surface area contributed by atoms with E-state index in [4.69, 9.17) is 19.4 Å². The molecule has 0 aliphatic carbocycles. The maximum Gasteiger partial charge on any atom is 0.408 e. The van der Waals surface area contributed by atoms with Crippen molar-refractivity contribution in [3.05, 3.63) is 0 Å². The largest absolute Gasteiger partial charge is 0.465 e. The first-order valence-corrected chi connectivity index (χ1v) is 6.28. The van der Waals surface area contributed by atoms with E-state index >= 15 is 0 Å². The summed E-state index contributed by atoms with van der Waals surface area (Å²) < 4.78 is 21.9. The van der Waals surface area contributed by atoms with Crippen molar-refractivity contribution >= 4 is 13.7 Å². The van der Waals surface area contributed by atoms with E-state index in [1.54, 1.807) is 19.9 Å². The first-order valence-electron chi connectivity index (χ1n) is 4.67. The molecule has 0 aliphatic rings. The molecule has 0 bridgehead atoms. The number of hydrogen-bond donors (Lipinski definition) is 1. The minimum Gasteiger partial charge on any atom is -0.465 e. The van der Waals surface area contributed by atoms with Crippen LogP contribution in [-0.4, -0.2) is 42.1 Å². The fourth-order valence-electron chi connectivity index (χ4n) is 1.01. The van der Waals surface area contributed by atoms with Gasteiger partial charge in [-0.15, -0.1) is 0 Å². The second-order valence-corrected chi connectivity index (χ2v) is 4.86. The van der Waals surface area contributed by atoms with Crippen molar-refractivity contribution in [3.63, 3.8) is 0 Å². The van der Waals surface area contributed by atoms with Gasteiger partial charge in [0.2, 0.25) is 5.78 Å². The third-order valence-corrected chi connectivity index (χ3v) is 4.00. The molecule has 0 aromatic carbocycles. The molecule has 0 saturated carbocycles. The van der Waals surface area contributed by atoms with Crippen LogP contribution < -0.4 is 0 Å². The van der Waals surface area contributed by atoms with Crippen LogP contribution in [0.5, 0.6) is 0 Å². The zero-order valence-corrected chi connectivity index (χ0v) is 10.3. The lowest BCUT2D eigenvalue weighted by atomic mass is 10.6. The van der Waals surface area contributed by atoms with Gasteiger partial charge in [0.1, 0.15) is 6.07 Å². The smallest absolute Gasteiger partial charge is 0.408 e. The zero-order chi connectivity index (χ0) is 12.8. The number of amides is 1. The van der Waals surface area contributed by atoms with E-state index in [2.05, 4.69) is 0 Å². The fraction of sp³-hybridized carbons (Fsp3) is 0.750. The van der Waals surface area contributed by atoms with Gasteiger partial charge in [-0.25, -0.2) is 4.79 Å². The van der Waals surface area contributed by atoms with Gasteiger partial charge >= 0.3 is 13.7 Å². The Morgan fingerprint density at radius 1 is 1.50 bits per heavy atom. The van der Waals surface area contributed by atoms with E-state index in [1.807, 2.05) is 0 Å². The fourth-order valence-corrected chi connectivity index (χ4v) is 2.75. The lowest BCUT2D eigenvalue weighted by Crippen LogP contribution is -2.35. The van der Waals surface area contributed by atoms with Gasteiger partial charge in [-0.3, -0.25) is 9.46 Å². The summed E-state index contributed by atoms with van der Waals surface area (Å²) >= 11 is 0. The van der Waals surface area contributed by atoms with Crippen LogP contribution in [0.25, 0.3) is 0 Å². The summed E-state index contributed by atoms with van der Waals surface area (Å²) in [7, 11) is -2.62. The molecule has 0 aromatic rings. The summed E-state index contributed by atoms with van der Waals surface area (Å²) in [5, 5.41) is 17.6. The van der Waals surface area contributed by atoms with Gasteiger partial charge in [-0.05, 0) is 13.8 Å². The van der Waals surface area contributed by atoms with Crippen LogP contribution in [0, 0.1) is 11.3 Å². The normalized spacial score (nSPS) is 12.9. The highest BCUT2D eigenvalue weighted by atomic mass is 31.2. The monoisotopic (exact) mass is 250 g/mol. The van der Waals surface area contributed by atoms with Gasteiger partial charge in [-0.2, -0.15) is 5.26 Å². The molecule has 7 nitrogen and oxygen atoms in total. The third kappa shape index (κ3) is 3.49. The minimum absolute atomic E-state index is 0.0723. The van der Waals surface area contributed by atoms with Gasteiger partial charge in [0.15, 0.2) is 0 Å². The Hall–Kier alpha value is -1.09. The number of carboxylic acid groups (broad SMARTS) is 1. The molecule has 0 radical (unpaired) electrons. The molecule has 8 heteroatoms. The quantitative estimate of drug-likeness (QED) is 0.720. The number of rotatable bonds is 6.